The van der Waals surface area contributed by atoms with E-state index < -0.39 is 0 Å². The van der Waals surface area contributed by atoms with Crippen molar-refractivity contribution in [3.8, 4) is 0 Å². The van der Waals surface area contributed by atoms with E-state index in [4.69, 9.17) is 5.73 Å². The predicted molar refractivity (Wildman–Crippen MR) is 50.2 cm³/mol. The molecule has 0 atom stereocenters. The van der Waals surface area contributed by atoms with Crippen LogP contribution in [-0.2, 0) is 6.42 Å². The SMILES string of the molecule is CN1CCCc2ncc(N)cc21. The maximum absolute atomic E-state index is 5.65. The molecule has 1 aromatic rings. The molecule has 0 amide bonds. The second-order valence-corrected chi connectivity index (χ2v) is 3.26. The van der Waals surface area contributed by atoms with Crippen molar-refractivity contribution in [1.82, 2.24) is 4.98 Å². The molecule has 64 valence electrons. The summed E-state index contributed by atoms with van der Waals surface area (Å²) in [7, 11) is 2.08. The van der Waals surface area contributed by atoms with Crippen molar-refractivity contribution in [2.45, 2.75) is 12.8 Å². The van der Waals surface area contributed by atoms with E-state index in [2.05, 4.69) is 16.9 Å². The van der Waals surface area contributed by atoms with Gasteiger partial charge in [0.25, 0.3) is 0 Å². The Balaban J connectivity index is 2.47. The Bertz CT molecular complexity index is 296. The van der Waals surface area contributed by atoms with Crippen molar-refractivity contribution in [2.75, 3.05) is 24.2 Å². The molecule has 0 radical (unpaired) electrons. The minimum Gasteiger partial charge on any atom is -0.397 e. The van der Waals surface area contributed by atoms with E-state index in [9.17, 15) is 0 Å². The molecule has 1 aliphatic heterocycles. The van der Waals surface area contributed by atoms with Crippen LogP contribution in [0.5, 0.6) is 0 Å². The fourth-order valence-corrected chi connectivity index (χ4v) is 1.62. The Hall–Kier alpha value is -1.25. The van der Waals surface area contributed by atoms with Gasteiger partial charge in [0, 0.05) is 13.6 Å². The number of fused-ring (bicyclic) bond motifs is 1. The topological polar surface area (TPSA) is 42.2 Å². The molecule has 0 aliphatic carbocycles. The van der Waals surface area contributed by atoms with Crippen molar-refractivity contribution in [3.63, 3.8) is 0 Å². The lowest BCUT2D eigenvalue weighted by Gasteiger charge is -2.26. The summed E-state index contributed by atoms with van der Waals surface area (Å²) < 4.78 is 0. The summed E-state index contributed by atoms with van der Waals surface area (Å²) in [5.74, 6) is 0. The second-order valence-electron chi connectivity index (χ2n) is 3.26. The molecule has 1 aromatic heterocycles. The van der Waals surface area contributed by atoms with E-state index in [0.29, 0.717) is 0 Å². The average Bonchev–Trinajstić information content (AvgIpc) is 2.07. The van der Waals surface area contributed by atoms with Crippen LogP contribution in [0.25, 0.3) is 0 Å². The summed E-state index contributed by atoms with van der Waals surface area (Å²) in [5, 5.41) is 0. The third-order valence-corrected chi connectivity index (χ3v) is 2.29. The Morgan fingerprint density at radius 3 is 3.25 bits per heavy atom. The van der Waals surface area contributed by atoms with E-state index in [0.717, 1.165) is 18.7 Å². The quantitative estimate of drug-likeness (QED) is 0.621. The van der Waals surface area contributed by atoms with Gasteiger partial charge in [-0.25, -0.2) is 0 Å². The molecule has 2 rings (SSSR count). The van der Waals surface area contributed by atoms with Gasteiger partial charge in [-0.3, -0.25) is 4.98 Å². The van der Waals surface area contributed by atoms with E-state index >= 15 is 0 Å². The minimum absolute atomic E-state index is 0.752. The predicted octanol–water partition coefficient (Wildman–Crippen LogP) is 1.05. The summed E-state index contributed by atoms with van der Waals surface area (Å²) in [5.41, 5.74) is 8.78. The largest absolute Gasteiger partial charge is 0.397 e. The van der Waals surface area contributed by atoms with Crippen molar-refractivity contribution >= 4 is 11.4 Å². The molecular formula is C9H13N3. The summed E-state index contributed by atoms with van der Waals surface area (Å²) in [6, 6.07) is 2.00. The molecule has 12 heavy (non-hydrogen) atoms. The second kappa shape index (κ2) is 2.66. The number of anilines is 2. The van der Waals surface area contributed by atoms with Gasteiger partial charge in [0.15, 0.2) is 0 Å². The van der Waals surface area contributed by atoms with Crippen molar-refractivity contribution in [3.05, 3.63) is 18.0 Å². The smallest absolute Gasteiger partial charge is 0.0638 e. The molecule has 3 nitrogen and oxygen atoms in total. The first-order valence-corrected chi connectivity index (χ1v) is 4.23. The van der Waals surface area contributed by atoms with E-state index in [1.807, 2.05) is 6.07 Å². The van der Waals surface area contributed by atoms with Crippen molar-refractivity contribution in [1.29, 1.82) is 0 Å². The number of hydrogen-bond donors (Lipinski definition) is 1. The van der Waals surface area contributed by atoms with Crippen molar-refractivity contribution < 1.29 is 0 Å². The molecule has 0 unspecified atom stereocenters. The summed E-state index contributed by atoms with van der Waals surface area (Å²) >= 11 is 0. The average molecular weight is 163 g/mol. The molecule has 0 saturated heterocycles. The van der Waals surface area contributed by atoms with Gasteiger partial charge in [0.2, 0.25) is 0 Å². The summed E-state index contributed by atoms with van der Waals surface area (Å²) in [6.45, 7) is 1.11. The number of nitrogens with two attached hydrogens (primary N) is 1. The van der Waals surface area contributed by atoms with E-state index in [-0.39, 0.29) is 0 Å². The number of aromatic nitrogens is 1. The molecule has 0 fully saturated rings. The van der Waals surface area contributed by atoms with Gasteiger partial charge in [0.1, 0.15) is 0 Å². The fourth-order valence-electron chi connectivity index (χ4n) is 1.62. The van der Waals surface area contributed by atoms with Crippen LogP contribution in [0, 0.1) is 0 Å². The molecule has 1 aliphatic rings. The Kier molecular flexibility index (Phi) is 1.64. The normalized spacial score (nSPS) is 15.9. The van der Waals surface area contributed by atoms with Crippen LogP contribution in [0.4, 0.5) is 11.4 Å². The maximum atomic E-state index is 5.65. The van der Waals surface area contributed by atoms with E-state index in [1.165, 1.54) is 17.8 Å². The van der Waals surface area contributed by atoms with Crippen LogP contribution in [-0.4, -0.2) is 18.6 Å². The van der Waals surface area contributed by atoms with Crippen LogP contribution < -0.4 is 10.6 Å². The fraction of sp³-hybridized carbons (Fsp3) is 0.444. The van der Waals surface area contributed by atoms with Crippen molar-refractivity contribution in [2.24, 2.45) is 0 Å². The lowest BCUT2D eigenvalue weighted by molar-refractivity contribution is 0.725. The number of aryl methyl sites for hydroxylation is 1. The van der Waals surface area contributed by atoms with Gasteiger partial charge >= 0.3 is 0 Å². The van der Waals surface area contributed by atoms with Crippen LogP contribution >= 0.6 is 0 Å². The zero-order chi connectivity index (χ0) is 8.55. The van der Waals surface area contributed by atoms with Crippen LogP contribution in [0.15, 0.2) is 12.3 Å². The number of hydrogen-bond acceptors (Lipinski definition) is 3. The molecule has 2 N–H and O–H groups in total. The highest BCUT2D eigenvalue weighted by molar-refractivity contribution is 5.58. The van der Waals surface area contributed by atoms with Gasteiger partial charge in [-0.15, -0.1) is 0 Å². The first kappa shape index (κ1) is 7.40. The maximum Gasteiger partial charge on any atom is 0.0638 e. The Morgan fingerprint density at radius 1 is 1.58 bits per heavy atom. The standard InChI is InChI=1S/C9H13N3/c1-12-4-2-3-8-9(12)5-7(10)6-11-8/h5-6H,2-4,10H2,1H3. The molecular weight excluding hydrogens is 150 g/mol. The molecule has 2 heterocycles. The molecule has 0 spiro atoms. The van der Waals surface area contributed by atoms with Gasteiger partial charge in [-0.2, -0.15) is 0 Å². The molecule has 0 bridgehead atoms. The van der Waals surface area contributed by atoms with Crippen LogP contribution in [0.1, 0.15) is 12.1 Å². The number of pyridine rings is 1. The van der Waals surface area contributed by atoms with Gasteiger partial charge in [0.05, 0.1) is 23.3 Å². The lowest BCUT2D eigenvalue weighted by Crippen LogP contribution is -2.25. The zero-order valence-corrected chi connectivity index (χ0v) is 7.25. The Morgan fingerprint density at radius 2 is 2.42 bits per heavy atom. The van der Waals surface area contributed by atoms with E-state index in [1.54, 1.807) is 6.20 Å². The molecule has 0 saturated carbocycles. The highest BCUT2D eigenvalue weighted by Gasteiger charge is 2.14. The highest BCUT2D eigenvalue weighted by Crippen LogP contribution is 2.25. The number of nitrogens with zero attached hydrogens (tertiary/aromatic N) is 2. The first-order valence-electron chi connectivity index (χ1n) is 4.23. The lowest BCUT2D eigenvalue weighted by atomic mass is 10.1. The molecule has 0 aromatic carbocycles. The van der Waals surface area contributed by atoms with Gasteiger partial charge in [-0.05, 0) is 18.9 Å². The minimum atomic E-state index is 0.752. The van der Waals surface area contributed by atoms with Gasteiger partial charge in [-0.1, -0.05) is 0 Å². The van der Waals surface area contributed by atoms with Crippen LogP contribution in [0.3, 0.4) is 0 Å². The third-order valence-electron chi connectivity index (χ3n) is 2.29. The zero-order valence-electron chi connectivity index (χ0n) is 7.25. The summed E-state index contributed by atoms with van der Waals surface area (Å²) in [6.07, 6.45) is 4.01. The highest BCUT2D eigenvalue weighted by atomic mass is 15.1. The Labute approximate surface area is 72.2 Å². The summed E-state index contributed by atoms with van der Waals surface area (Å²) in [4.78, 5) is 6.51. The monoisotopic (exact) mass is 163 g/mol. The van der Waals surface area contributed by atoms with Crippen LogP contribution in [0.2, 0.25) is 0 Å². The molecule has 3 heteroatoms. The third kappa shape index (κ3) is 1.11. The first-order chi connectivity index (χ1) is 5.77. The number of rotatable bonds is 0. The van der Waals surface area contributed by atoms with Gasteiger partial charge < -0.3 is 10.6 Å². The number of nitrogen functional groups attached to an aromatic ring is 1.